The highest BCUT2D eigenvalue weighted by Crippen LogP contribution is 2.25. The van der Waals surface area contributed by atoms with E-state index in [0.29, 0.717) is 21.7 Å². The Morgan fingerprint density at radius 2 is 1.97 bits per heavy atom. The molecule has 7 nitrogen and oxygen atoms in total. The Bertz CT molecular complexity index is 1050. The first kappa shape index (κ1) is 22.1. The van der Waals surface area contributed by atoms with Gasteiger partial charge in [0.25, 0.3) is 5.91 Å². The molecule has 0 bridgehead atoms. The lowest BCUT2D eigenvalue weighted by molar-refractivity contribution is -0.118. The third-order valence-electron chi connectivity index (χ3n) is 4.06. The molecule has 1 amide bonds. The second-order valence-corrected chi connectivity index (χ2v) is 7.79. The molecule has 0 aliphatic heterocycles. The average Bonchev–Trinajstić information content (AvgIpc) is 3.17. The number of aromatic nitrogens is 3. The van der Waals surface area contributed by atoms with Crippen LogP contribution in [0.5, 0.6) is 5.75 Å². The minimum Gasteiger partial charge on any atom is -0.497 e. The molecule has 3 rings (SSSR count). The van der Waals surface area contributed by atoms with E-state index in [-0.39, 0.29) is 11.7 Å². The maximum atomic E-state index is 12.1. The van der Waals surface area contributed by atoms with Gasteiger partial charge in [-0.3, -0.25) is 4.79 Å². The number of hydrogen-bond donors (Lipinski definition) is 1. The minimum absolute atomic E-state index is 0.152. The Balaban J connectivity index is 1.59. The summed E-state index contributed by atoms with van der Waals surface area (Å²) in [5, 5.41) is 14.0. The number of ether oxygens (including phenoxy) is 1. The van der Waals surface area contributed by atoms with E-state index in [1.807, 2.05) is 35.8 Å². The number of hydrogen-bond acceptors (Lipinski definition) is 6. The number of rotatable bonds is 8. The molecule has 3 aromatic rings. The number of halogens is 2. The number of nitrogens with zero attached hydrogens (tertiary/aromatic N) is 4. The molecule has 10 heteroatoms. The Morgan fingerprint density at radius 3 is 2.63 bits per heavy atom. The number of carbonyl (C=O) groups is 1. The molecular formula is C20H19Cl2N5O2S. The second-order valence-electron chi connectivity index (χ2n) is 6.03. The highest BCUT2D eigenvalue weighted by atomic mass is 35.5. The average molecular weight is 464 g/mol. The molecule has 0 unspecified atom stereocenters. The lowest BCUT2D eigenvalue weighted by Crippen LogP contribution is -2.20. The summed E-state index contributed by atoms with van der Waals surface area (Å²) >= 11 is 13.1. The molecule has 1 aromatic heterocycles. The van der Waals surface area contributed by atoms with Gasteiger partial charge >= 0.3 is 0 Å². The second kappa shape index (κ2) is 10.5. The maximum Gasteiger partial charge on any atom is 0.250 e. The van der Waals surface area contributed by atoms with Crippen molar-refractivity contribution in [2.75, 3.05) is 12.9 Å². The zero-order valence-corrected chi connectivity index (χ0v) is 18.6. The molecule has 0 atom stereocenters. The van der Waals surface area contributed by atoms with Crippen LogP contribution in [0.15, 0.2) is 52.7 Å². The first-order chi connectivity index (χ1) is 14.5. The number of amides is 1. The Hall–Kier alpha value is -2.55. The highest BCUT2D eigenvalue weighted by Gasteiger charge is 2.14. The van der Waals surface area contributed by atoms with E-state index < -0.39 is 0 Å². The Morgan fingerprint density at radius 1 is 1.20 bits per heavy atom. The van der Waals surface area contributed by atoms with Gasteiger partial charge in [-0.05, 0) is 48.9 Å². The van der Waals surface area contributed by atoms with Crippen LogP contribution in [0.1, 0.15) is 12.5 Å². The zero-order valence-electron chi connectivity index (χ0n) is 16.3. The van der Waals surface area contributed by atoms with Gasteiger partial charge in [0.1, 0.15) is 5.75 Å². The summed E-state index contributed by atoms with van der Waals surface area (Å²) in [5.74, 6) is 1.40. The summed E-state index contributed by atoms with van der Waals surface area (Å²) in [4.78, 5) is 12.1. The van der Waals surface area contributed by atoms with Gasteiger partial charge in [0.05, 0.1) is 29.1 Å². The third-order valence-corrected chi connectivity index (χ3v) is 5.77. The number of nitrogens with one attached hydrogen (secondary N) is 1. The van der Waals surface area contributed by atoms with Gasteiger partial charge in [-0.1, -0.05) is 41.0 Å². The first-order valence-corrected chi connectivity index (χ1v) is 10.7. The molecule has 1 heterocycles. The van der Waals surface area contributed by atoms with Gasteiger partial charge in [0.2, 0.25) is 0 Å². The minimum atomic E-state index is -0.257. The molecule has 0 saturated carbocycles. The standard InChI is InChI=1S/C20H19Cl2N5O2S/c1-3-27-19(14-5-7-15(29-2)8-6-14)25-26-20(27)30-12-18(28)24-23-11-13-4-9-16(21)17(22)10-13/h4-11H,3,12H2,1-2H3,(H,24,28)/b23-11+. The Kier molecular flexibility index (Phi) is 7.73. The van der Waals surface area contributed by atoms with Gasteiger partial charge in [-0.15, -0.1) is 10.2 Å². The summed E-state index contributed by atoms with van der Waals surface area (Å²) in [6.45, 7) is 2.68. The van der Waals surface area contributed by atoms with E-state index in [0.717, 1.165) is 22.7 Å². The molecule has 0 saturated heterocycles. The van der Waals surface area contributed by atoms with Crippen molar-refractivity contribution in [2.45, 2.75) is 18.6 Å². The van der Waals surface area contributed by atoms with Gasteiger partial charge in [0, 0.05) is 12.1 Å². The SMILES string of the molecule is CCn1c(SCC(=O)N/N=C/c2ccc(Cl)c(Cl)c2)nnc1-c1ccc(OC)cc1. The molecule has 0 fully saturated rings. The van der Waals surface area contributed by atoms with Crippen LogP contribution in [0.4, 0.5) is 0 Å². The third kappa shape index (κ3) is 5.53. The largest absolute Gasteiger partial charge is 0.497 e. The summed E-state index contributed by atoms with van der Waals surface area (Å²) < 4.78 is 7.15. The molecule has 2 aromatic carbocycles. The number of hydrazone groups is 1. The van der Waals surface area contributed by atoms with Gasteiger partial charge < -0.3 is 9.30 Å². The molecule has 0 aliphatic carbocycles. The predicted molar refractivity (Wildman–Crippen MR) is 121 cm³/mol. The molecule has 0 spiro atoms. The lowest BCUT2D eigenvalue weighted by Gasteiger charge is -2.07. The summed E-state index contributed by atoms with van der Waals surface area (Å²) in [6.07, 6.45) is 1.50. The van der Waals surface area contributed by atoms with Crippen LogP contribution in [-0.4, -0.2) is 39.7 Å². The monoisotopic (exact) mass is 463 g/mol. The number of carbonyl (C=O) groups excluding carboxylic acids is 1. The van der Waals surface area contributed by atoms with Crippen molar-refractivity contribution in [3.8, 4) is 17.1 Å². The van der Waals surface area contributed by atoms with Gasteiger partial charge in [-0.25, -0.2) is 5.43 Å². The van der Waals surface area contributed by atoms with E-state index in [1.54, 1.807) is 25.3 Å². The van der Waals surface area contributed by atoms with Crippen molar-refractivity contribution in [2.24, 2.45) is 5.10 Å². The number of methoxy groups -OCH3 is 1. The van der Waals surface area contributed by atoms with Crippen LogP contribution in [0.25, 0.3) is 11.4 Å². The van der Waals surface area contributed by atoms with Crippen molar-refractivity contribution in [3.05, 3.63) is 58.1 Å². The van der Waals surface area contributed by atoms with Crippen molar-refractivity contribution in [1.82, 2.24) is 20.2 Å². The van der Waals surface area contributed by atoms with Gasteiger partial charge in [-0.2, -0.15) is 5.10 Å². The van der Waals surface area contributed by atoms with E-state index in [4.69, 9.17) is 27.9 Å². The van der Waals surface area contributed by atoms with Crippen LogP contribution in [0.2, 0.25) is 10.0 Å². The predicted octanol–water partition coefficient (Wildman–Crippen LogP) is 4.52. The van der Waals surface area contributed by atoms with E-state index >= 15 is 0 Å². The van der Waals surface area contributed by atoms with Crippen LogP contribution in [0, 0.1) is 0 Å². The summed E-state index contributed by atoms with van der Waals surface area (Å²) in [7, 11) is 1.62. The van der Waals surface area contributed by atoms with Crippen LogP contribution in [-0.2, 0) is 11.3 Å². The normalized spacial score (nSPS) is 11.1. The molecule has 0 aliphatic rings. The summed E-state index contributed by atoms with van der Waals surface area (Å²) in [5.41, 5.74) is 4.14. The van der Waals surface area contributed by atoms with Crippen molar-refractivity contribution < 1.29 is 9.53 Å². The zero-order chi connectivity index (χ0) is 21.5. The fourth-order valence-corrected chi connectivity index (χ4v) is 3.67. The van der Waals surface area contributed by atoms with Crippen molar-refractivity contribution in [1.29, 1.82) is 0 Å². The maximum absolute atomic E-state index is 12.1. The lowest BCUT2D eigenvalue weighted by atomic mass is 10.2. The molecule has 0 radical (unpaired) electrons. The van der Waals surface area contributed by atoms with Crippen LogP contribution < -0.4 is 10.2 Å². The van der Waals surface area contributed by atoms with Crippen LogP contribution in [0.3, 0.4) is 0 Å². The van der Waals surface area contributed by atoms with Crippen molar-refractivity contribution in [3.63, 3.8) is 0 Å². The van der Waals surface area contributed by atoms with Crippen LogP contribution >= 0.6 is 35.0 Å². The molecule has 30 heavy (non-hydrogen) atoms. The number of thioether (sulfide) groups is 1. The fourth-order valence-electron chi connectivity index (χ4n) is 2.57. The van der Waals surface area contributed by atoms with E-state index in [2.05, 4.69) is 20.7 Å². The topological polar surface area (TPSA) is 81.4 Å². The quantitative estimate of drug-likeness (QED) is 0.301. The Labute approximate surface area is 188 Å². The molecule has 1 N–H and O–H groups in total. The van der Waals surface area contributed by atoms with E-state index in [9.17, 15) is 4.79 Å². The molecule has 156 valence electrons. The first-order valence-electron chi connectivity index (χ1n) is 8.99. The fraction of sp³-hybridized carbons (Fsp3) is 0.200. The smallest absolute Gasteiger partial charge is 0.250 e. The van der Waals surface area contributed by atoms with E-state index in [1.165, 1.54) is 18.0 Å². The molecular weight excluding hydrogens is 445 g/mol. The highest BCUT2D eigenvalue weighted by molar-refractivity contribution is 7.99. The number of benzene rings is 2. The van der Waals surface area contributed by atoms with Crippen molar-refractivity contribution >= 4 is 47.1 Å². The van der Waals surface area contributed by atoms with Gasteiger partial charge in [0.15, 0.2) is 11.0 Å². The summed E-state index contributed by atoms with van der Waals surface area (Å²) in [6, 6.07) is 12.7.